The Morgan fingerprint density at radius 3 is 1.48 bits per heavy atom. The summed E-state index contributed by atoms with van der Waals surface area (Å²) in [5, 5.41) is 0. The Labute approximate surface area is 281 Å². The number of unbranched alkanes of at least 4 members (excludes halogenated alkanes) is 3. The van der Waals surface area contributed by atoms with Crippen LogP contribution < -0.4 is 9.47 Å². The van der Waals surface area contributed by atoms with Crippen molar-refractivity contribution >= 4 is 11.9 Å². The number of epoxide rings is 2. The highest BCUT2D eigenvalue weighted by molar-refractivity contribution is 5.90. The summed E-state index contributed by atoms with van der Waals surface area (Å²) in [6.07, 6.45) is 4.68. The van der Waals surface area contributed by atoms with Crippen LogP contribution in [0.15, 0.2) is 97.1 Å². The van der Waals surface area contributed by atoms with E-state index in [0.717, 1.165) is 79.1 Å². The average Bonchev–Trinajstić information content (AvgIpc) is 4.06. The lowest BCUT2D eigenvalue weighted by Gasteiger charge is -2.13. The molecule has 8 nitrogen and oxygen atoms in total. The molecule has 2 aliphatic heterocycles. The fraction of sp³-hybridized carbons (Fsp3) is 0.350. The van der Waals surface area contributed by atoms with Gasteiger partial charge in [0.2, 0.25) is 0 Å². The fourth-order valence-electron chi connectivity index (χ4n) is 5.24. The predicted octanol–water partition coefficient (Wildman–Crippen LogP) is 7.93. The van der Waals surface area contributed by atoms with E-state index in [1.165, 1.54) is 0 Å². The third-order valence-electron chi connectivity index (χ3n) is 8.34. The summed E-state index contributed by atoms with van der Waals surface area (Å²) < 4.78 is 32.9. The van der Waals surface area contributed by atoms with Gasteiger partial charge in [0.1, 0.15) is 36.9 Å². The van der Waals surface area contributed by atoms with E-state index in [1.807, 2.05) is 79.7 Å². The fourth-order valence-corrected chi connectivity index (χ4v) is 5.24. The first-order valence-corrected chi connectivity index (χ1v) is 16.8. The quantitative estimate of drug-likeness (QED) is 0.0609. The van der Waals surface area contributed by atoms with Crippen molar-refractivity contribution in [2.75, 3.05) is 33.0 Å². The number of carbonyl (C=O) groups excluding carboxylic acids is 2. The van der Waals surface area contributed by atoms with Crippen LogP contribution in [0.5, 0.6) is 11.5 Å². The van der Waals surface area contributed by atoms with Gasteiger partial charge in [-0.05, 0) is 97.0 Å². The molecule has 6 rings (SSSR count). The Bertz CT molecular complexity index is 1610. The maximum Gasteiger partial charge on any atom is 0.338 e. The van der Waals surface area contributed by atoms with Crippen molar-refractivity contribution in [2.45, 2.75) is 57.3 Å². The molecule has 0 bridgehead atoms. The van der Waals surface area contributed by atoms with E-state index in [2.05, 4.69) is 0 Å². The summed E-state index contributed by atoms with van der Waals surface area (Å²) in [6.45, 7) is 5.01. The van der Waals surface area contributed by atoms with E-state index >= 15 is 0 Å². The smallest absolute Gasteiger partial charge is 0.338 e. The van der Waals surface area contributed by atoms with Crippen molar-refractivity contribution in [3.63, 3.8) is 0 Å². The van der Waals surface area contributed by atoms with Crippen molar-refractivity contribution in [1.29, 1.82) is 0 Å². The van der Waals surface area contributed by atoms with Crippen molar-refractivity contribution in [3.05, 3.63) is 108 Å². The average molecular weight is 651 g/mol. The summed E-state index contributed by atoms with van der Waals surface area (Å²) >= 11 is 0. The second-order valence-corrected chi connectivity index (χ2v) is 12.3. The number of hydrogen-bond donors (Lipinski definition) is 0. The summed E-state index contributed by atoms with van der Waals surface area (Å²) in [5.74, 6) is 0.996. The van der Waals surface area contributed by atoms with Gasteiger partial charge in [-0.25, -0.2) is 9.59 Å². The molecule has 0 aromatic heterocycles. The third-order valence-corrected chi connectivity index (χ3v) is 8.34. The van der Waals surface area contributed by atoms with Crippen molar-refractivity contribution in [1.82, 2.24) is 0 Å². The molecule has 2 aliphatic rings. The molecular formula is C40H42O8. The Kier molecular flexibility index (Phi) is 11.4. The molecule has 2 heterocycles. The highest BCUT2D eigenvalue weighted by atomic mass is 16.6. The largest absolute Gasteiger partial charge is 0.491 e. The molecule has 3 atom stereocenters. The molecule has 250 valence electrons. The molecular weight excluding hydrogens is 608 g/mol. The van der Waals surface area contributed by atoms with E-state index in [0.29, 0.717) is 30.9 Å². The summed E-state index contributed by atoms with van der Waals surface area (Å²) in [6, 6.07) is 30.7. The Balaban J connectivity index is 0.827. The summed E-state index contributed by atoms with van der Waals surface area (Å²) in [7, 11) is 0. The van der Waals surface area contributed by atoms with Crippen LogP contribution >= 0.6 is 0 Å². The minimum atomic E-state index is -0.317. The lowest BCUT2D eigenvalue weighted by atomic mass is 10.0. The van der Waals surface area contributed by atoms with Gasteiger partial charge in [0.15, 0.2) is 0 Å². The Morgan fingerprint density at radius 2 is 1.02 bits per heavy atom. The van der Waals surface area contributed by atoms with E-state index in [1.54, 1.807) is 24.3 Å². The number of hydrogen-bond acceptors (Lipinski definition) is 8. The van der Waals surface area contributed by atoms with Gasteiger partial charge in [-0.3, -0.25) is 0 Å². The molecule has 0 spiro atoms. The van der Waals surface area contributed by atoms with E-state index in [4.69, 9.17) is 28.4 Å². The topological polar surface area (TPSA) is 96.1 Å². The monoisotopic (exact) mass is 650 g/mol. The van der Waals surface area contributed by atoms with Crippen LogP contribution in [0.3, 0.4) is 0 Å². The lowest BCUT2D eigenvalue weighted by Crippen LogP contribution is -2.15. The molecule has 2 fully saturated rings. The predicted molar refractivity (Wildman–Crippen MR) is 182 cm³/mol. The zero-order valence-corrected chi connectivity index (χ0v) is 27.3. The first-order valence-electron chi connectivity index (χ1n) is 16.8. The zero-order chi connectivity index (χ0) is 33.1. The second-order valence-electron chi connectivity index (χ2n) is 12.3. The van der Waals surface area contributed by atoms with Gasteiger partial charge in [-0.1, -0.05) is 61.4 Å². The van der Waals surface area contributed by atoms with Crippen LogP contribution in [0.1, 0.15) is 59.7 Å². The molecule has 0 amide bonds. The van der Waals surface area contributed by atoms with Crippen LogP contribution in [0.4, 0.5) is 0 Å². The molecule has 48 heavy (non-hydrogen) atoms. The first kappa shape index (κ1) is 33.2. The van der Waals surface area contributed by atoms with E-state index < -0.39 is 0 Å². The summed E-state index contributed by atoms with van der Waals surface area (Å²) in [4.78, 5) is 25.2. The van der Waals surface area contributed by atoms with Gasteiger partial charge in [0.25, 0.3) is 0 Å². The highest BCUT2D eigenvalue weighted by Crippen LogP contribution is 2.26. The van der Waals surface area contributed by atoms with Gasteiger partial charge in [0.05, 0.1) is 37.1 Å². The van der Waals surface area contributed by atoms with Crippen molar-refractivity contribution in [2.24, 2.45) is 0 Å². The molecule has 0 radical (unpaired) electrons. The van der Waals surface area contributed by atoms with E-state index in [9.17, 15) is 9.59 Å². The molecule has 2 saturated heterocycles. The van der Waals surface area contributed by atoms with E-state index in [-0.39, 0.29) is 30.3 Å². The molecule has 0 aliphatic carbocycles. The second kappa shape index (κ2) is 16.4. The summed E-state index contributed by atoms with van der Waals surface area (Å²) in [5.41, 5.74) is 5.20. The van der Waals surface area contributed by atoms with Crippen LogP contribution in [0.25, 0.3) is 22.3 Å². The van der Waals surface area contributed by atoms with Crippen LogP contribution in [0, 0.1) is 0 Å². The molecule has 8 heteroatoms. The van der Waals surface area contributed by atoms with Crippen LogP contribution in [-0.2, 0) is 18.9 Å². The normalized spacial score (nSPS) is 16.9. The number of carbonyl (C=O) groups is 2. The van der Waals surface area contributed by atoms with Gasteiger partial charge in [-0.15, -0.1) is 0 Å². The Morgan fingerprint density at radius 1 is 0.604 bits per heavy atom. The first-order chi connectivity index (χ1) is 23.5. The molecule has 4 aromatic carbocycles. The number of esters is 2. The number of benzene rings is 4. The van der Waals surface area contributed by atoms with Gasteiger partial charge >= 0.3 is 11.9 Å². The molecule has 0 N–H and O–H groups in total. The Hall–Kier alpha value is -4.66. The number of ether oxygens (including phenoxy) is 6. The third kappa shape index (κ3) is 10.2. The van der Waals surface area contributed by atoms with Crippen LogP contribution in [-0.4, -0.2) is 63.3 Å². The highest BCUT2D eigenvalue weighted by Gasteiger charge is 2.23. The standard InChI is InChI=1S/C40H42O8/c1-28(48-40(42)34-13-9-30(10-14-34)32-17-21-36(22-18-32)45-25-38-27-47-38)6-4-2-3-5-23-43-39(41)33-11-7-29(8-12-33)31-15-19-35(20-16-31)44-24-37-26-46-37/h7-22,28,37-38H,2-6,23-27H2,1H3. The van der Waals surface area contributed by atoms with Gasteiger partial charge in [0, 0.05) is 0 Å². The lowest BCUT2D eigenvalue weighted by molar-refractivity contribution is 0.0319. The zero-order valence-electron chi connectivity index (χ0n) is 27.3. The number of rotatable bonds is 18. The van der Waals surface area contributed by atoms with Gasteiger partial charge in [-0.2, -0.15) is 0 Å². The molecule has 4 aromatic rings. The molecule has 3 unspecified atom stereocenters. The minimum absolute atomic E-state index is 0.180. The van der Waals surface area contributed by atoms with Crippen LogP contribution in [0.2, 0.25) is 0 Å². The molecule has 0 saturated carbocycles. The maximum absolute atomic E-state index is 12.7. The SMILES string of the molecule is CC(CCCCCCOC(=O)c1ccc(-c2ccc(OCC3CO3)cc2)cc1)OC(=O)c1ccc(-c2ccc(OCC3CO3)cc2)cc1. The van der Waals surface area contributed by atoms with Gasteiger partial charge < -0.3 is 28.4 Å². The maximum atomic E-state index is 12.7. The minimum Gasteiger partial charge on any atom is -0.491 e. The van der Waals surface area contributed by atoms with Crippen molar-refractivity contribution in [3.8, 4) is 33.8 Å². The van der Waals surface area contributed by atoms with Crippen molar-refractivity contribution < 1.29 is 38.0 Å².